The van der Waals surface area contributed by atoms with Crippen molar-refractivity contribution in [3.05, 3.63) is 395 Å². The molecule has 1 atom stereocenters. The van der Waals surface area contributed by atoms with Crippen LogP contribution in [0.3, 0.4) is 0 Å². The number of carbonyl (C=O) groups excluding carboxylic acids is 3. The maximum atomic E-state index is 12.7. The zero-order valence-corrected chi connectivity index (χ0v) is 64.1. The molecule has 0 amide bonds. The lowest BCUT2D eigenvalue weighted by Crippen LogP contribution is -2.08. The number of hydrogen-bond acceptors (Lipinski definition) is 10. The molecule has 3 heterocycles. The minimum absolute atomic E-state index is 0.0331. The van der Waals surface area contributed by atoms with Crippen molar-refractivity contribution in [3.63, 3.8) is 0 Å². The predicted molar refractivity (Wildman–Crippen MR) is 428 cm³/mol. The summed E-state index contributed by atoms with van der Waals surface area (Å²) in [6.45, 7) is 18.8. The number of halogens is 6. The molecule has 0 bridgehead atoms. The third-order valence-corrected chi connectivity index (χ3v) is 16.3. The van der Waals surface area contributed by atoms with Gasteiger partial charge in [0.2, 0.25) is 0 Å². The first-order valence-electron chi connectivity index (χ1n) is 33.7. The molecule has 0 radical (unpaired) electrons. The molecule has 0 spiro atoms. The van der Waals surface area contributed by atoms with Gasteiger partial charge in [-0.05, 0) is 133 Å². The number of benzene rings is 9. The van der Waals surface area contributed by atoms with Crippen LogP contribution in [0, 0.1) is 32.1 Å². The van der Waals surface area contributed by atoms with Gasteiger partial charge < -0.3 is 0 Å². The summed E-state index contributed by atoms with van der Waals surface area (Å²) in [6, 6.07) is 76.7. The molecule has 104 heavy (non-hydrogen) atoms. The molecule has 534 valence electrons. The number of hydrogen-bond donors (Lipinski definition) is 2. The first-order valence-corrected chi connectivity index (χ1v) is 36.0. The van der Waals surface area contributed by atoms with Gasteiger partial charge in [-0.1, -0.05) is 305 Å². The van der Waals surface area contributed by atoms with Crippen LogP contribution >= 0.6 is 69.6 Å². The number of nitriles is 1. The van der Waals surface area contributed by atoms with Crippen LogP contribution in [0.4, 0.5) is 0 Å². The normalized spacial score (nSPS) is 10.2. The first kappa shape index (κ1) is 84.7. The van der Waals surface area contributed by atoms with Crippen molar-refractivity contribution in [2.45, 2.75) is 107 Å². The second kappa shape index (κ2) is 45.9. The molecule has 1 unspecified atom stereocenters. The maximum absolute atomic E-state index is 12.7. The van der Waals surface area contributed by atoms with E-state index in [1.54, 1.807) is 109 Å². The number of carbonyl (C=O) groups is 3. The van der Waals surface area contributed by atoms with Crippen molar-refractivity contribution in [1.82, 2.24) is 30.6 Å². The van der Waals surface area contributed by atoms with E-state index >= 15 is 0 Å². The fourth-order valence-corrected chi connectivity index (χ4v) is 10.5. The zero-order valence-electron chi connectivity index (χ0n) is 59.5. The summed E-state index contributed by atoms with van der Waals surface area (Å²) in [5, 5.41) is 33.2. The van der Waals surface area contributed by atoms with Crippen molar-refractivity contribution >= 4 is 87.0 Å². The van der Waals surface area contributed by atoms with Gasteiger partial charge in [0.15, 0.2) is 22.5 Å². The van der Waals surface area contributed by atoms with Crippen LogP contribution < -0.4 is 11.1 Å². The molecule has 0 saturated heterocycles. The molecule has 9 aromatic carbocycles. The van der Waals surface area contributed by atoms with Crippen molar-refractivity contribution < 1.29 is 14.4 Å². The van der Waals surface area contributed by atoms with Crippen molar-refractivity contribution in [2.24, 2.45) is 0 Å². The Labute approximate surface area is 640 Å². The molecule has 0 aliphatic carbocycles. The van der Waals surface area contributed by atoms with Crippen LogP contribution in [0.2, 0.25) is 30.3 Å². The molecule has 0 aliphatic rings. The summed E-state index contributed by atoms with van der Waals surface area (Å²) in [4.78, 5) is 59.5. The van der Waals surface area contributed by atoms with E-state index in [1.807, 2.05) is 117 Å². The van der Waals surface area contributed by atoms with Crippen molar-refractivity contribution in [2.75, 3.05) is 0 Å². The highest BCUT2D eigenvalue weighted by molar-refractivity contribution is 6.36. The Bertz CT molecular complexity index is 4780. The molecule has 0 aliphatic heterocycles. The molecule has 2 N–H and O–H groups in total. The standard InChI is InChI=1S/C19H11Cl2N3O.C18H13ClN2O2.C18H15ClN2O.C14H11ClO.C8H9Cl.3C3H8/c20-16-7-6-13(15(11-22)17-8-9-18(21)24-23-17)10-14(16)19(25)12-4-2-1-3-5-12;19-16-8-6-12(10-14-7-9-17(22)21-20-14)11-15(16)18(23)13-4-2-1-3-5-13;19-17-8-6-14(12-16-7-9-18(22)21-20-16)11-15(17)10-13-4-2-1-3-5-13;1-10-7-8-13(15)12(9-10)14(16)11-5-3-2-4-6-11;1-6-3-4-8(9)7(2)5-6;3*1-3-2/h1-10,15H;1-9,11H,10H2,(H,21,22);1-9,11H,10,12H2,(H,21,22);2-9H,1H3;3-5H,1-2H3;3*3H2,1-2H3. The van der Waals surface area contributed by atoms with E-state index in [0.717, 1.165) is 50.0 Å². The van der Waals surface area contributed by atoms with E-state index < -0.39 is 5.92 Å². The second-order valence-electron chi connectivity index (χ2n) is 23.6. The fourth-order valence-electron chi connectivity index (χ4n) is 9.44. The van der Waals surface area contributed by atoms with Crippen LogP contribution in [0.25, 0.3) is 0 Å². The van der Waals surface area contributed by atoms with Crippen molar-refractivity contribution in [1.29, 1.82) is 5.26 Å². The van der Waals surface area contributed by atoms with E-state index in [2.05, 4.69) is 109 Å². The highest BCUT2D eigenvalue weighted by Crippen LogP contribution is 2.30. The molecule has 0 fully saturated rings. The Hall–Kier alpha value is -9.94. The summed E-state index contributed by atoms with van der Waals surface area (Å²) in [5.74, 6) is -1.03. The largest absolute Gasteiger partial charge is 0.289 e. The number of aromatic amines is 2. The molecule has 12 nitrogen and oxygen atoms in total. The van der Waals surface area contributed by atoms with Gasteiger partial charge in [0, 0.05) is 68.4 Å². The molecule has 3 aromatic heterocycles. The summed E-state index contributed by atoms with van der Waals surface area (Å²) >= 11 is 36.2. The van der Waals surface area contributed by atoms with E-state index in [1.165, 1.54) is 42.5 Å². The molecule has 18 heteroatoms. The third-order valence-electron chi connectivity index (χ3n) is 14.3. The lowest BCUT2D eigenvalue weighted by Gasteiger charge is -2.11. The van der Waals surface area contributed by atoms with Crippen LogP contribution in [0.1, 0.15) is 176 Å². The number of aryl methyl sites for hydroxylation is 3. The van der Waals surface area contributed by atoms with E-state index in [0.29, 0.717) is 78.2 Å². The quantitative estimate of drug-likeness (QED) is 0.0990. The highest BCUT2D eigenvalue weighted by Gasteiger charge is 2.21. The molecule has 12 aromatic rings. The Morgan fingerprint density at radius 1 is 0.394 bits per heavy atom. The number of nitrogens with zero attached hydrogens (tertiary/aromatic N) is 5. The average molecular weight is 1510 g/mol. The van der Waals surface area contributed by atoms with E-state index in [4.69, 9.17) is 69.6 Å². The number of rotatable bonds is 14. The first-order chi connectivity index (χ1) is 50.1. The molecule has 0 saturated carbocycles. The number of H-pyrrole nitrogens is 2. The van der Waals surface area contributed by atoms with E-state index in [-0.39, 0.29) is 33.6 Å². The Balaban J connectivity index is 0.000000232. The second-order valence-corrected chi connectivity index (χ2v) is 26.0. The van der Waals surface area contributed by atoms with E-state index in [9.17, 15) is 29.2 Å². The minimum atomic E-state index is -0.677. The zero-order chi connectivity index (χ0) is 75.9. The SMILES string of the molecule is CCC.CCC.CCC.Cc1ccc(Cl)c(C(=O)c2ccccc2)c1.Cc1ccc(Cl)c(C)c1.N#CC(c1ccc(Cl)c(C(=O)c2ccccc2)c1)c1ccc(Cl)nn1.O=C(c1ccccc1)c1cc(Cc2ccc(=O)[nH]n2)ccc1Cl.O=c1ccc(Cc2ccc(Cl)c(Cc3ccccc3)c2)n[nH]1. The van der Waals surface area contributed by atoms with Crippen LogP contribution in [-0.4, -0.2) is 47.9 Å². The van der Waals surface area contributed by atoms with Gasteiger partial charge in [0.1, 0.15) is 5.92 Å². The topological polar surface area (TPSA) is 192 Å². The number of aromatic nitrogens is 6. The summed E-state index contributed by atoms with van der Waals surface area (Å²) in [6.07, 6.45) is 5.71. The Kier molecular flexibility index (Phi) is 37.4. The minimum Gasteiger partial charge on any atom is -0.289 e. The van der Waals surface area contributed by atoms with Gasteiger partial charge in [0.25, 0.3) is 11.1 Å². The average Bonchev–Trinajstić information content (AvgIpc) is 0.819. The summed E-state index contributed by atoms with van der Waals surface area (Å²) < 4.78 is 0. The Morgan fingerprint density at radius 3 is 1.20 bits per heavy atom. The van der Waals surface area contributed by atoms with Crippen LogP contribution in [-0.2, 0) is 19.3 Å². The summed E-state index contributed by atoms with van der Waals surface area (Å²) in [5.41, 5.74) is 13.1. The van der Waals surface area contributed by atoms with Crippen LogP contribution in [0.15, 0.2) is 258 Å². The Morgan fingerprint density at radius 2 is 0.788 bits per heavy atom. The lowest BCUT2D eigenvalue weighted by atomic mass is 9.93. The van der Waals surface area contributed by atoms with Gasteiger partial charge in [-0.3, -0.25) is 24.0 Å². The van der Waals surface area contributed by atoms with Gasteiger partial charge in [-0.2, -0.15) is 20.6 Å². The maximum Gasteiger partial charge on any atom is 0.264 e. The smallest absolute Gasteiger partial charge is 0.264 e. The molecular formula is C86H83Cl6N7O5. The molecular weight excluding hydrogens is 1420 g/mol. The van der Waals surface area contributed by atoms with Crippen LogP contribution in [0.5, 0.6) is 0 Å². The number of nitrogens with one attached hydrogen (secondary N) is 2. The monoisotopic (exact) mass is 1500 g/mol. The number of ketones is 3. The third kappa shape index (κ3) is 28.7. The van der Waals surface area contributed by atoms with Gasteiger partial charge in [-0.15, -0.1) is 5.10 Å². The fraction of sp³-hybridized carbons (Fsp3) is 0.186. The highest BCUT2D eigenvalue weighted by atomic mass is 35.5. The van der Waals surface area contributed by atoms with Gasteiger partial charge in [0.05, 0.1) is 38.2 Å². The molecule has 12 rings (SSSR count). The summed E-state index contributed by atoms with van der Waals surface area (Å²) in [7, 11) is 0. The van der Waals surface area contributed by atoms with Gasteiger partial charge in [-0.25, -0.2) is 10.2 Å². The lowest BCUT2D eigenvalue weighted by molar-refractivity contribution is 0.103. The predicted octanol–water partition coefficient (Wildman–Crippen LogP) is 22.6. The van der Waals surface area contributed by atoms with Crippen molar-refractivity contribution in [3.8, 4) is 6.07 Å². The van der Waals surface area contributed by atoms with Gasteiger partial charge >= 0.3 is 0 Å².